The molecule has 1 saturated carbocycles. The molecule has 2 atom stereocenters. The van der Waals surface area contributed by atoms with Gasteiger partial charge in [0.25, 0.3) is 0 Å². The number of nitrogens with one attached hydrogen (secondary N) is 2. The van der Waals surface area contributed by atoms with E-state index in [1.54, 1.807) is 30.5 Å². The molecule has 0 saturated heterocycles. The lowest BCUT2D eigenvalue weighted by Crippen LogP contribution is -2.36. The number of rotatable bonds is 5. The summed E-state index contributed by atoms with van der Waals surface area (Å²) < 4.78 is 40.7. The molecule has 1 fully saturated rings. The van der Waals surface area contributed by atoms with Crippen molar-refractivity contribution in [2.45, 2.75) is 31.9 Å². The first-order chi connectivity index (χ1) is 15.2. The molecule has 0 aliphatic heterocycles. The van der Waals surface area contributed by atoms with Crippen molar-refractivity contribution in [1.29, 1.82) is 0 Å². The number of halogens is 3. The highest BCUT2D eigenvalue weighted by molar-refractivity contribution is 6.03. The largest absolute Gasteiger partial charge is 0.437 e. The fourth-order valence-corrected chi connectivity index (χ4v) is 4.22. The Kier molecular flexibility index (Phi) is 5.86. The van der Waals surface area contributed by atoms with Crippen LogP contribution in [0.3, 0.4) is 0 Å². The average molecular weight is 445 g/mol. The van der Waals surface area contributed by atoms with E-state index < -0.39 is 35.3 Å². The minimum atomic E-state index is -4.69. The summed E-state index contributed by atoms with van der Waals surface area (Å²) in [4.78, 5) is 26.1. The summed E-state index contributed by atoms with van der Waals surface area (Å²) in [5.41, 5.74) is 0.603. The van der Waals surface area contributed by atoms with Crippen LogP contribution in [0.25, 0.3) is 11.3 Å². The maximum atomic E-state index is 13.2. The van der Waals surface area contributed by atoms with Gasteiger partial charge in [-0.05, 0) is 24.5 Å². The summed E-state index contributed by atoms with van der Waals surface area (Å²) in [5, 5.41) is 12.5. The highest BCUT2D eigenvalue weighted by atomic mass is 19.4. The Labute approximate surface area is 182 Å². The highest BCUT2D eigenvalue weighted by Gasteiger charge is 2.40. The van der Waals surface area contributed by atoms with E-state index in [2.05, 4.69) is 20.6 Å². The fraction of sp³-hybridized carbons (Fsp3) is 0.364. The topological polar surface area (TPSA) is 92.7 Å². The van der Waals surface area contributed by atoms with E-state index in [1.165, 1.54) is 7.05 Å². The summed E-state index contributed by atoms with van der Waals surface area (Å²) in [6.45, 7) is 0. The molecule has 1 aliphatic carbocycles. The molecule has 1 aliphatic rings. The summed E-state index contributed by atoms with van der Waals surface area (Å²) in [7, 11) is 1.35. The number of aromatic nitrogens is 4. The van der Waals surface area contributed by atoms with Gasteiger partial charge in [0.2, 0.25) is 5.91 Å². The lowest BCUT2D eigenvalue weighted by atomic mass is 9.75. The van der Waals surface area contributed by atoms with E-state index in [4.69, 9.17) is 0 Å². The number of aryl methyl sites for hydroxylation is 1. The van der Waals surface area contributed by atoms with Crippen molar-refractivity contribution in [3.63, 3.8) is 0 Å². The van der Waals surface area contributed by atoms with E-state index in [0.29, 0.717) is 18.4 Å². The maximum Gasteiger partial charge on any atom is 0.437 e. The number of hydrogen-bond acceptors (Lipinski definition) is 4. The zero-order valence-corrected chi connectivity index (χ0v) is 17.3. The lowest BCUT2D eigenvalue weighted by Gasteiger charge is -2.29. The van der Waals surface area contributed by atoms with Gasteiger partial charge in [-0.3, -0.25) is 19.4 Å². The van der Waals surface area contributed by atoms with Gasteiger partial charge in [0.1, 0.15) is 0 Å². The van der Waals surface area contributed by atoms with Gasteiger partial charge in [0.05, 0.1) is 11.4 Å². The van der Waals surface area contributed by atoms with Crippen LogP contribution in [0.2, 0.25) is 0 Å². The number of anilines is 1. The molecule has 2 N–H and O–H groups in total. The SMILES string of the molecule is Cn1cc(NC(=O)[C@@H]2CCCC[C@H]2C(=O)c2ccc(-c3ccn[nH]3)cc2)c(C(F)(F)F)n1. The molecule has 0 radical (unpaired) electrons. The number of carbonyl (C=O) groups is 2. The zero-order chi connectivity index (χ0) is 22.9. The molecule has 1 amide bonds. The van der Waals surface area contributed by atoms with Crippen LogP contribution in [0.4, 0.5) is 18.9 Å². The van der Waals surface area contributed by atoms with Crippen molar-refractivity contribution in [3.05, 3.63) is 54.0 Å². The number of Topliss-reactive ketones (excluding diaryl/α,β-unsaturated/α-hetero) is 1. The summed E-state index contributed by atoms with van der Waals surface area (Å²) in [6, 6.07) is 8.80. The molecular formula is C22H22F3N5O2. The summed E-state index contributed by atoms with van der Waals surface area (Å²) >= 11 is 0. The number of aromatic amines is 1. The predicted molar refractivity (Wildman–Crippen MR) is 111 cm³/mol. The molecule has 7 nitrogen and oxygen atoms in total. The minimum Gasteiger partial charge on any atom is -0.323 e. The molecule has 0 spiro atoms. The second-order valence-electron chi connectivity index (χ2n) is 7.96. The Hall–Kier alpha value is -3.43. The van der Waals surface area contributed by atoms with Crippen LogP contribution in [0.15, 0.2) is 42.7 Å². The van der Waals surface area contributed by atoms with E-state index in [9.17, 15) is 22.8 Å². The summed E-state index contributed by atoms with van der Waals surface area (Å²) in [6.07, 6.45) is 0.532. The fourth-order valence-electron chi connectivity index (χ4n) is 4.22. The van der Waals surface area contributed by atoms with Crippen molar-refractivity contribution in [2.24, 2.45) is 18.9 Å². The van der Waals surface area contributed by atoms with Gasteiger partial charge in [-0.2, -0.15) is 23.4 Å². The van der Waals surface area contributed by atoms with Crippen LogP contribution in [0.5, 0.6) is 0 Å². The van der Waals surface area contributed by atoms with Crippen LogP contribution in [-0.4, -0.2) is 31.7 Å². The number of ketones is 1. The molecule has 2 aromatic heterocycles. The molecule has 10 heteroatoms. The second kappa shape index (κ2) is 8.60. The number of hydrogen-bond donors (Lipinski definition) is 2. The third-order valence-electron chi connectivity index (χ3n) is 5.78. The van der Waals surface area contributed by atoms with E-state index >= 15 is 0 Å². The normalized spacial score (nSPS) is 19.0. The smallest absolute Gasteiger partial charge is 0.323 e. The number of nitrogens with zero attached hydrogens (tertiary/aromatic N) is 3. The Morgan fingerprint density at radius 2 is 1.78 bits per heavy atom. The Morgan fingerprint density at radius 3 is 2.41 bits per heavy atom. The van der Waals surface area contributed by atoms with Crippen LogP contribution in [0.1, 0.15) is 41.7 Å². The van der Waals surface area contributed by atoms with Crippen molar-refractivity contribution < 1.29 is 22.8 Å². The first-order valence-electron chi connectivity index (χ1n) is 10.3. The third-order valence-corrected chi connectivity index (χ3v) is 5.78. The number of amides is 1. The highest BCUT2D eigenvalue weighted by Crippen LogP contribution is 2.36. The van der Waals surface area contributed by atoms with Gasteiger partial charge in [0.15, 0.2) is 11.5 Å². The summed E-state index contributed by atoms with van der Waals surface area (Å²) in [5.74, 6) is -2.06. The van der Waals surface area contributed by atoms with E-state index in [-0.39, 0.29) is 5.78 Å². The Bertz CT molecular complexity index is 1100. The average Bonchev–Trinajstić information content (AvgIpc) is 3.43. The van der Waals surface area contributed by atoms with Crippen LogP contribution in [0, 0.1) is 11.8 Å². The number of alkyl halides is 3. The lowest BCUT2D eigenvalue weighted by molar-refractivity contribution is -0.140. The van der Waals surface area contributed by atoms with Crippen molar-refractivity contribution in [2.75, 3.05) is 5.32 Å². The first kappa shape index (κ1) is 21.8. The van der Waals surface area contributed by atoms with E-state index in [0.717, 1.165) is 35.0 Å². The van der Waals surface area contributed by atoms with Gasteiger partial charge in [0, 0.05) is 36.8 Å². The van der Waals surface area contributed by atoms with Gasteiger partial charge in [-0.1, -0.05) is 37.1 Å². The molecule has 0 unspecified atom stereocenters. The van der Waals surface area contributed by atoms with Crippen molar-refractivity contribution >= 4 is 17.4 Å². The van der Waals surface area contributed by atoms with Gasteiger partial charge in [-0.25, -0.2) is 0 Å². The first-order valence-corrected chi connectivity index (χ1v) is 10.3. The van der Waals surface area contributed by atoms with Gasteiger partial charge >= 0.3 is 6.18 Å². The second-order valence-corrected chi connectivity index (χ2v) is 7.96. The van der Waals surface area contributed by atoms with Gasteiger partial charge < -0.3 is 5.32 Å². The number of benzene rings is 1. The Morgan fingerprint density at radius 1 is 1.09 bits per heavy atom. The van der Waals surface area contributed by atoms with Crippen molar-refractivity contribution in [3.8, 4) is 11.3 Å². The molecule has 1 aromatic carbocycles. The molecule has 4 rings (SSSR count). The standard InChI is InChI=1S/C22H22F3N5O2/c1-30-12-18(20(29-30)22(23,24)25)27-21(32)16-5-3-2-4-15(16)19(31)14-8-6-13(7-9-14)17-10-11-26-28-17/h6-12,15-16H,2-5H2,1H3,(H,26,28)(H,27,32)/t15-,16-/m1/s1. The van der Waals surface area contributed by atoms with Crippen LogP contribution >= 0.6 is 0 Å². The molecule has 2 heterocycles. The Balaban J connectivity index is 1.53. The maximum absolute atomic E-state index is 13.2. The predicted octanol–water partition coefficient (Wildman–Crippen LogP) is 4.46. The molecule has 3 aromatic rings. The molecular weight excluding hydrogens is 423 g/mol. The molecule has 32 heavy (non-hydrogen) atoms. The van der Waals surface area contributed by atoms with Crippen LogP contribution < -0.4 is 5.32 Å². The minimum absolute atomic E-state index is 0.178. The monoisotopic (exact) mass is 445 g/mol. The molecule has 168 valence electrons. The third kappa shape index (κ3) is 4.44. The molecule has 0 bridgehead atoms. The van der Waals surface area contributed by atoms with Crippen LogP contribution in [-0.2, 0) is 18.0 Å². The zero-order valence-electron chi connectivity index (χ0n) is 17.3. The number of carbonyl (C=O) groups excluding carboxylic acids is 2. The quantitative estimate of drug-likeness (QED) is 0.568. The van der Waals surface area contributed by atoms with Crippen molar-refractivity contribution in [1.82, 2.24) is 20.0 Å². The van der Waals surface area contributed by atoms with E-state index in [1.807, 2.05) is 6.07 Å². The number of H-pyrrole nitrogens is 1. The van der Waals surface area contributed by atoms with Gasteiger partial charge in [-0.15, -0.1) is 0 Å².